The van der Waals surface area contributed by atoms with Crippen LogP contribution in [0.5, 0.6) is 0 Å². The topological polar surface area (TPSA) is 96.3 Å². The molecule has 0 aliphatic carbocycles. The van der Waals surface area contributed by atoms with Gasteiger partial charge in [-0.2, -0.15) is 0 Å². The van der Waals surface area contributed by atoms with Crippen LogP contribution >= 0.6 is 19.8 Å². The number of aromatic nitrogens is 6. The third-order valence-electron chi connectivity index (χ3n) is 6.77. The van der Waals surface area contributed by atoms with Crippen LogP contribution in [0.1, 0.15) is 33.9 Å². The quantitative estimate of drug-likeness (QED) is 0.123. The maximum atomic E-state index is 5.21. The molecule has 0 bridgehead atoms. The van der Waals surface area contributed by atoms with Crippen molar-refractivity contribution in [2.24, 2.45) is 7.05 Å². The number of benzene rings is 2. The van der Waals surface area contributed by atoms with Crippen LogP contribution in [0, 0.1) is 17.7 Å². The van der Waals surface area contributed by atoms with E-state index in [1.54, 1.807) is 6.33 Å². The van der Waals surface area contributed by atoms with E-state index in [-0.39, 0.29) is 0 Å². The van der Waals surface area contributed by atoms with Gasteiger partial charge in [-0.3, -0.25) is 0 Å². The Hall–Kier alpha value is -2.89. The number of halogens is 1. The summed E-state index contributed by atoms with van der Waals surface area (Å²) in [6.45, 7) is 6.40. The van der Waals surface area contributed by atoms with Crippen molar-refractivity contribution in [1.82, 2.24) is 40.1 Å². The van der Waals surface area contributed by atoms with E-state index in [0.717, 1.165) is 69.8 Å². The Balaban J connectivity index is 1.30. The summed E-state index contributed by atoms with van der Waals surface area (Å²) in [5, 5.41) is 6.84. The van der Waals surface area contributed by atoms with Crippen LogP contribution in [-0.4, -0.2) is 48.0 Å². The molecule has 3 N–H and O–H groups in total. The van der Waals surface area contributed by atoms with Crippen molar-refractivity contribution in [2.75, 3.05) is 18.5 Å². The zero-order valence-corrected chi connectivity index (χ0v) is 24.3. The number of nitrogens with one attached hydrogen (secondary N) is 3. The summed E-state index contributed by atoms with van der Waals surface area (Å²) in [7, 11) is 4.11. The van der Waals surface area contributed by atoms with Gasteiger partial charge in [0.1, 0.15) is 0 Å². The molecule has 0 atom stereocenters. The van der Waals surface area contributed by atoms with Gasteiger partial charge in [0.2, 0.25) is 0 Å². The number of fused-ring (bicyclic) bond motifs is 2. The first-order chi connectivity index (χ1) is 18.0. The van der Waals surface area contributed by atoms with Crippen molar-refractivity contribution >= 4 is 41.9 Å². The second-order valence-electron chi connectivity index (χ2n) is 9.41. The van der Waals surface area contributed by atoms with E-state index in [1.807, 2.05) is 20.9 Å². The summed E-state index contributed by atoms with van der Waals surface area (Å²) >= 11 is -1.55. The number of hydrogen-bond acceptors (Lipinski definition) is 6. The normalized spacial score (nSPS) is 12.1. The van der Waals surface area contributed by atoms with E-state index in [2.05, 4.69) is 73.5 Å². The molecule has 0 amide bonds. The Labute approximate surface area is 225 Å². The molecule has 5 aromatic rings. The van der Waals surface area contributed by atoms with Crippen LogP contribution in [0.15, 0.2) is 42.7 Å². The fourth-order valence-corrected chi connectivity index (χ4v) is 9.06. The minimum atomic E-state index is -1.55. The van der Waals surface area contributed by atoms with E-state index in [0.29, 0.717) is 0 Å². The number of nitrogens with zero attached hydrogens (tertiary/aromatic N) is 5. The van der Waals surface area contributed by atoms with E-state index in [9.17, 15) is 0 Å². The van der Waals surface area contributed by atoms with Gasteiger partial charge in [-0.25, -0.2) is 0 Å². The molecule has 0 saturated heterocycles. The van der Waals surface area contributed by atoms with Crippen LogP contribution in [0.25, 0.3) is 22.1 Å². The number of alkyl halides is 2. The van der Waals surface area contributed by atoms with Crippen molar-refractivity contribution in [2.45, 2.75) is 37.8 Å². The molecule has 0 radical (unpaired) electrons. The number of aromatic amines is 1. The van der Waals surface area contributed by atoms with Gasteiger partial charge in [-0.15, -0.1) is 0 Å². The fourth-order valence-electron chi connectivity index (χ4n) is 4.72. The van der Waals surface area contributed by atoms with Crippen molar-refractivity contribution in [3.05, 3.63) is 80.5 Å². The molecule has 0 aliphatic heterocycles. The Morgan fingerprint density at radius 1 is 0.919 bits per heavy atom. The molecule has 194 valence electrons. The first kappa shape index (κ1) is 25.7. The summed E-state index contributed by atoms with van der Waals surface area (Å²) in [6.07, 6.45) is 2.63. The molecule has 3 heterocycles. The molecule has 5 rings (SSSR count). The third kappa shape index (κ3) is 5.39. The summed E-state index contributed by atoms with van der Waals surface area (Å²) in [6, 6.07) is 12.9. The van der Waals surface area contributed by atoms with E-state index < -0.39 is 19.8 Å². The van der Waals surface area contributed by atoms with Gasteiger partial charge >= 0.3 is 212 Å². The molecule has 8 nitrogen and oxygen atoms in total. The Bertz CT molecular complexity index is 1540. The van der Waals surface area contributed by atoms with Crippen LogP contribution in [-0.2, 0) is 31.0 Å². The summed E-state index contributed by atoms with van der Waals surface area (Å²) in [4.78, 5) is 25.0. The average molecular weight is 611 g/mol. The van der Waals surface area contributed by atoms with Gasteiger partial charge in [0.25, 0.3) is 0 Å². The minimum absolute atomic E-state index is 0.733. The Morgan fingerprint density at radius 3 is 2.49 bits per heavy atom. The third-order valence-corrected chi connectivity index (χ3v) is 11.3. The van der Waals surface area contributed by atoms with Crippen LogP contribution < -0.4 is 10.6 Å². The molecule has 0 fully saturated rings. The predicted molar refractivity (Wildman–Crippen MR) is 159 cm³/mol. The number of rotatable bonds is 10. The molecular formula is C28H35IN8. The monoisotopic (exact) mass is 610 g/mol. The van der Waals surface area contributed by atoms with Gasteiger partial charge in [-0.1, -0.05) is 0 Å². The van der Waals surface area contributed by atoms with Gasteiger partial charge < -0.3 is 0 Å². The van der Waals surface area contributed by atoms with Crippen LogP contribution in [0.3, 0.4) is 0 Å². The number of para-hydroxylation sites is 2. The SMILES string of the molecule is CNCc1nc(C)c(C)nc1CCNCc1cccc2c1nc(I(C)Cc1cccc3[nH]cnc13)n2C. The molecule has 9 heteroatoms. The predicted octanol–water partition coefficient (Wildman–Crippen LogP) is 4.41. The second-order valence-corrected chi connectivity index (χ2v) is 14.5. The summed E-state index contributed by atoms with van der Waals surface area (Å²) in [5.41, 5.74) is 11.1. The molecule has 2 aromatic carbocycles. The molecular weight excluding hydrogens is 575 g/mol. The number of imidazole rings is 2. The van der Waals surface area contributed by atoms with Gasteiger partial charge in [0, 0.05) is 0 Å². The Morgan fingerprint density at radius 2 is 1.68 bits per heavy atom. The standard InChI is InChI=1S/C28H35IN8/c1-18-19(2)35-24(16-30-4)22(34-18)12-13-31-15-21-9-7-11-25-27(21)36-28(37(25)5)29(3)14-20-8-6-10-23-26(20)33-17-32-23/h6-11,17,30-31H,12-16H2,1-5H3,(H,32,33). The summed E-state index contributed by atoms with van der Waals surface area (Å²) in [5.74, 6) is 0. The zero-order valence-electron chi connectivity index (χ0n) is 22.2. The molecule has 0 unspecified atom stereocenters. The summed E-state index contributed by atoms with van der Waals surface area (Å²) < 4.78 is 4.60. The van der Waals surface area contributed by atoms with Gasteiger partial charge in [0.05, 0.1) is 0 Å². The molecule has 37 heavy (non-hydrogen) atoms. The van der Waals surface area contributed by atoms with Crippen LogP contribution in [0.4, 0.5) is 0 Å². The average Bonchev–Trinajstić information content (AvgIpc) is 3.50. The number of H-pyrrole nitrogens is 1. The number of aryl methyl sites for hydroxylation is 3. The fraction of sp³-hybridized carbons (Fsp3) is 0.357. The maximum absolute atomic E-state index is 5.21. The molecule has 0 saturated carbocycles. The Kier molecular flexibility index (Phi) is 7.82. The first-order valence-electron chi connectivity index (χ1n) is 12.6. The van der Waals surface area contributed by atoms with Crippen molar-refractivity contribution in [1.29, 1.82) is 0 Å². The van der Waals surface area contributed by atoms with Crippen molar-refractivity contribution < 1.29 is 0 Å². The molecule has 3 aromatic heterocycles. The van der Waals surface area contributed by atoms with E-state index >= 15 is 0 Å². The van der Waals surface area contributed by atoms with E-state index in [1.165, 1.54) is 20.5 Å². The zero-order chi connectivity index (χ0) is 25.9. The molecule has 0 aliphatic rings. The van der Waals surface area contributed by atoms with Gasteiger partial charge in [-0.05, 0) is 14.0 Å². The number of hydrogen-bond donors (Lipinski definition) is 3. The second kappa shape index (κ2) is 11.2. The van der Waals surface area contributed by atoms with Crippen LogP contribution in [0.2, 0.25) is 0 Å². The van der Waals surface area contributed by atoms with Crippen molar-refractivity contribution in [3.63, 3.8) is 0 Å². The first-order valence-corrected chi connectivity index (χ1v) is 17.3. The van der Waals surface area contributed by atoms with E-state index in [4.69, 9.17) is 15.0 Å². The van der Waals surface area contributed by atoms with Gasteiger partial charge in [0.15, 0.2) is 0 Å². The molecule has 0 spiro atoms. The van der Waals surface area contributed by atoms with Crippen molar-refractivity contribution in [3.8, 4) is 0 Å².